The van der Waals surface area contributed by atoms with Crippen LogP contribution in [0.1, 0.15) is 43.2 Å². The van der Waals surface area contributed by atoms with Crippen molar-refractivity contribution >= 4 is 11.6 Å². The molecule has 0 amide bonds. The van der Waals surface area contributed by atoms with Crippen LogP contribution in [0.3, 0.4) is 0 Å². The first-order valence-electron chi connectivity index (χ1n) is 7.87. The molecule has 0 bridgehead atoms. The summed E-state index contributed by atoms with van der Waals surface area (Å²) in [7, 11) is 0. The summed E-state index contributed by atoms with van der Waals surface area (Å²) in [4.78, 5) is 0. The summed E-state index contributed by atoms with van der Waals surface area (Å²) in [5.41, 5.74) is 5.33. The second kappa shape index (κ2) is 6.64. The van der Waals surface area contributed by atoms with Crippen LogP contribution in [0.4, 0.5) is 0 Å². The summed E-state index contributed by atoms with van der Waals surface area (Å²) in [6.45, 7) is 3.99. The molecular weight excluding hydrogens is 278 g/mol. The van der Waals surface area contributed by atoms with E-state index in [0.717, 1.165) is 24.0 Å². The molecule has 0 atom stereocenters. The van der Waals surface area contributed by atoms with E-state index in [1.165, 1.54) is 41.5 Å². The van der Waals surface area contributed by atoms with Gasteiger partial charge < -0.3 is 5.32 Å². The zero-order valence-corrected chi connectivity index (χ0v) is 13.3. The van der Waals surface area contributed by atoms with Gasteiger partial charge in [-0.2, -0.15) is 0 Å². The Morgan fingerprint density at radius 3 is 2.71 bits per heavy atom. The molecule has 2 heteroatoms. The third-order valence-electron chi connectivity index (χ3n) is 4.41. The standard InChI is InChI=1S/C19H22ClN/c1-2-21-13-17-9-10-18(20)12-19(17)16-8-4-7-15(11-16)14-5-3-6-14/h4,7-12,14,21H,2-3,5-6,13H2,1H3. The molecule has 1 nitrogen and oxygen atoms in total. The van der Waals surface area contributed by atoms with Crippen molar-refractivity contribution in [2.45, 2.75) is 38.6 Å². The van der Waals surface area contributed by atoms with Gasteiger partial charge in [-0.3, -0.25) is 0 Å². The average molecular weight is 300 g/mol. The molecule has 2 aromatic carbocycles. The molecule has 110 valence electrons. The number of rotatable bonds is 5. The number of hydrogen-bond acceptors (Lipinski definition) is 1. The Morgan fingerprint density at radius 1 is 1.14 bits per heavy atom. The van der Waals surface area contributed by atoms with Crippen LogP contribution in [-0.4, -0.2) is 6.54 Å². The molecule has 1 fully saturated rings. The summed E-state index contributed by atoms with van der Waals surface area (Å²) >= 11 is 6.22. The largest absolute Gasteiger partial charge is 0.313 e. The Kier molecular flexibility index (Phi) is 4.62. The summed E-state index contributed by atoms with van der Waals surface area (Å²) in [6, 6.07) is 15.2. The van der Waals surface area contributed by atoms with Crippen LogP contribution in [0, 0.1) is 0 Å². The fraction of sp³-hybridized carbons (Fsp3) is 0.368. The number of hydrogen-bond donors (Lipinski definition) is 1. The van der Waals surface area contributed by atoms with E-state index in [9.17, 15) is 0 Å². The van der Waals surface area contributed by atoms with Crippen LogP contribution in [0.2, 0.25) is 5.02 Å². The smallest absolute Gasteiger partial charge is 0.0412 e. The fourth-order valence-electron chi connectivity index (χ4n) is 2.93. The Bertz CT molecular complexity index is 617. The van der Waals surface area contributed by atoms with Gasteiger partial charge in [-0.05, 0) is 59.7 Å². The molecule has 21 heavy (non-hydrogen) atoms. The van der Waals surface area contributed by atoms with Gasteiger partial charge >= 0.3 is 0 Å². The maximum Gasteiger partial charge on any atom is 0.0412 e. The predicted octanol–water partition coefficient (Wildman–Crippen LogP) is 5.38. The van der Waals surface area contributed by atoms with Gasteiger partial charge in [-0.25, -0.2) is 0 Å². The highest BCUT2D eigenvalue weighted by atomic mass is 35.5. The van der Waals surface area contributed by atoms with Crippen molar-refractivity contribution in [2.24, 2.45) is 0 Å². The maximum atomic E-state index is 6.22. The fourth-order valence-corrected chi connectivity index (χ4v) is 3.11. The van der Waals surface area contributed by atoms with Crippen LogP contribution in [0.15, 0.2) is 42.5 Å². The lowest BCUT2D eigenvalue weighted by Gasteiger charge is -2.26. The van der Waals surface area contributed by atoms with E-state index in [-0.39, 0.29) is 0 Å². The maximum absolute atomic E-state index is 6.22. The topological polar surface area (TPSA) is 12.0 Å². The molecule has 1 aliphatic carbocycles. The van der Waals surface area contributed by atoms with E-state index in [1.807, 2.05) is 6.07 Å². The van der Waals surface area contributed by atoms with Gasteiger partial charge in [-0.1, -0.05) is 55.3 Å². The highest BCUT2D eigenvalue weighted by molar-refractivity contribution is 6.30. The average Bonchev–Trinajstić information content (AvgIpc) is 2.44. The molecule has 0 spiro atoms. The molecule has 1 saturated carbocycles. The Morgan fingerprint density at radius 2 is 2.00 bits per heavy atom. The number of halogens is 1. The Balaban J connectivity index is 1.96. The van der Waals surface area contributed by atoms with Crippen LogP contribution in [-0.2, 0) is 6.54 Å². The number of benzene rings is 2. The van der Waals surface area contributed by atoms with Crippen LogP contribution >= 0.6 is 11.6 Å². The van der Waals surface area contributed by atoms with Gasteiger partial charge in [0.25, 0.3) is 0 Å². The van der Waals surface area contributed by atoms with Crippen molar-refractivity contribution in [2.75, 3.05) is 6.54 Å². The zero-order chi connectivity index (χ0) is 14.7. The van der Waals surface area contributed by atoms with E-state index < -0.39 is 0 Å². The second-order valence-electron chi connectivity index (χ2n) is 5.84. The minimum atomic E-state index is 0.765. The quantitative estimate of drug-likeness (QED) is 0.781. The van der Waals surface area contributed by atoms with Crippen molar-refractivity contribution in [1.29, 1.82) is 0 Å². The summed E-state index contributed by atoms with van der Waals surface area (Å²) < 4.78 is 0. The van der Waals surface area contributed by atoms with Crippen molar-refractivity contribution in [3.63, 3.8) is 0 Å². The SMILES string of the molecule is CCNCc1ccc(Cl)cc1-c1cccc(C2CCC2)c1. The predicted molar refractivity (Wildman–Crippen MR) is 90.9 cm³/mol. The molecule has 2 aromatic rings. The zero-order valence-electron chi connectivity index (χ0n) is 12.5. The van der Waals surface area contributed by atoms with Crippen molar-refractivity contribution < 1.29 is 0 Å². The molecule has 1 aliphatic rings. The Hall–Kier alpha value is -1.31. The minimum Gasteiger partial charge on any atom is -0.313 e. The molecule has 0 aromatic heterocycles. The van der Waals surface area contributed by atoms with E-state index in [0.29, 0.717) is 0 Å². The minimum absolute atomic E-state index is 0.765. The normalized spacial score (nSPS) is 15.0. The third-order valence-corrected chi connectivity index (χ3v) is 4.65. The first kappa shape index (κ1) is 14.6. The molecule has 0 aliphatic heterocycles. The van der Waals surface area contributed by atoms with Crippen LogP contribution < -0.4 is 5.32 Å². The van der Waals surface area contributed by atoms with Gasteiger partial charge in [0.2, 0.25) is 0 Å². The molecule has 0 heterocycles. The van der Waals surface area contributed by atoms with E-state index in [1.54, 1.807) is 0 Å². The van der Waals surface area contributed by atoms with Gasteiger partial charge in [0.05, 0.1) is 0 Å². The first-order chi connectivity index (χ1) is 10.3. The molecule has 1 N–H and O–H groups in total. The highest BCUT2D eigenvalue weighted by Crippen LogP contribution is 2.38. The summed E-state index contributed by atoms with van der Waals surface area (Å²) in [5, 5.41) is 4.22. The van der Waals surface area contributed by atoms with Gasteiger partial charge in [0, 0.05) is 11.6 Å². The second-order valence-corrected chi connectivity index (χ2v) is 6.27. The van der Waals surface area contributed by atoms with E-state index in [4.69, 9.17) is 11.6 Å². The molecule has 0 saturated heterocycles. The molecular formula is C19H22ClN. The third kappa shape index (κ3) is 3.30. The van der Waals surface area contributed by atoms with Crippen LogP contribution in [0.5, 0.6) is 0 Å². The van der Waals surface area contributed by atoms with E-state index >= 15 is 0 Å². The van der Waals surface area contributed by atoms with Crippen molar-refractivity contribution in [1.82, 2.24) is 5.32 Å². The lowest BCUT2D eigenvalue weighted by molar-refractivity contribution is 0.420. The summed E-state index contributed by atoms with van der Waals surface area (Å²) in [6.07, 6.45) is 4.05. The van der Waals surface area contributed by atoms with Gasteiger partial charge in [-0.15, -0.1) is 0 Å². The van der Waals surface area contributed by atoms with Crippen molar-refractivity contribution in [3.05, 3.63) is 58.6 Å². The monoisotopic (exact) mass is 299 g/mol. The molecule has 0 unspecified atom stereocenters. The Labute approximate surface area is 132 Å². The number of nitrogens with one attached hydrogen (secondary N) is 1. The first-order valence-corrected chi connectivity index (χ1v) is 8.25. The lowest BCUT2D eigenvalue weighted by atomic mass is 9.79. The van der Waals surface area contributed by atoms with E-state index in [2.05, 4.69) is 48.6 Å². The lowest BCUT2D eigenvalue weighted by Crippen LogP contribution is -2.12. The van der Waals surface area contributed by atoms with Crippen molar-refractivity contribution in [3.8, 4) is 11.1 Å². The molecule has 3 rings (SSSR count). The van der Waals surface area contributed by atoms with Gasteiger partial charge in [0.15, 0.2) is 0 Å². The van der Waals surface area contributed by atoms with Gasteiger partial charge in [0.1, 0.15) is 0 Å². The highest BCUT2D eigenvalue weighted by Gasteiger charge is 2.19. The molecule has 0 radical (unpaired) electrons. The van der Waals surface area contributed by atoms with Crippen LogP contribution in [0.25, 0.3) is 11.1 Å². The summed E-state index contributed by atoms with van der Waals surface area (Å²) in [5.74, 6) is 0.765.